The molecule has 32 heavy (non-hydrogen) atoms. The molecule has 5 rings (SSSR count). The average Bonchev–Trinajstić information content (AvgIpc) is 3.35. The minimum atomic E-state index is -0.878. The van der Waals surface area contributed by atoms with Crippen molar-refractivity contribution in [3.05, 3.63) is 83.1 Å². The molecule has 0 bridgehead atoms. The number of ether oxygens (including phenoxy) is 2. The number of aromatic nitrogens is 1. The number of aliphatic hydroxyl groups is 1. The third-order valence-corrected chi connectivity index (χ3v) is 5.46. The van der Waals surface area contributed by atoms with E-state index in [1.807, 2.05) is 6.07 Å². The fraction of sp³-hybridized carbons (Fsp3) is 0.208. The van der Waals surface area contributed by atoms with Crippen LogP contribution in [0.2, 0.25) is 0 Å². The molecule has 1 aromatic carbocycles. The number of furan rings is 1. The molecule has 3 aromatic rings. The maximum absolute atomic E-state index is 13.1. The average molecular weight is 432 g/mol. The number of hydrogen-bond acceptors (Lipinski definition) is 7. The van der Waals surface area contributed by atoms with Crippen molar-refractivity contribution < 1.29 is 28.6 Å². The zero-order valence-corrected chi connectivity index (χ0v) is 17.3. The van der Waals surface area contributed by atoms with E-state index in [9.17, 15) is 14.7 Å². The molecule has 0 aliphatic carbocycles. The van der Waals surface area contributed by atoms with E-state index in [0.717, 1.165) is 5.56 Å². The van der Waals surface area contributed by atoms with Crippen LogP contribution in [0.4, 0.5) is 0 Å². The second-order valence-corrected chi connectivity index (χ2v) is 7.60. The Hall–Kier alpha value is -4.07. The molecule has 4 heterocycles. The fourth-order valence-corrected chi connectivity index (χ4v) is 3.97. The summed E-state index contributed by atoms with van der Waals surface area (Å²) in [5, 5.41) is 11.2. The first-order chi connectivity index (χ1) is 15.5. The monoisotopic (exact) mass is 432 g/mol. The second-order valence-electron chi connectivity index (χ2n) is 7.60. The van der Waals surface area contributed by atoms with Crippen LogP contribution in [0.25, 0.3) is 5.76 Å². The number of carbonyl (C=O) groups excluding carboxylic acids is 2. The van der Waals surface area contributed by atoms with Gasteiger partial charge in [0, 0.05) is 24.5 Å². The summed E-state index contributed by atoms with van der Waals surface area (Å²) >= 11 is 0. The van der Waals surface area contributed by atoms with Crippen LogP contribution in [-0.2, 0) is 16.1 Å². The van der Waals surface area contributed by atoms with Crippen molar-refractivity contribution in [2.24, 2.45) is 0 Å². The third kappa shape index (κ3) is 3.39. The summed E-state index contributed by atoms with van der Waals surface area (Å²) in [6.07, 6.45) is 3.26. The Morgan fingerprint density at radius 3 is 2.66 bits per heavy atom. The van der Waals surface area contributed by atoms with Crippen molar-refractivity contribution in [2.75, 3.05) is 13.2 Å². The smallest absolute Gasteiger partial charge is 0.296 e. The van der Waals surface area contributed by atoms with E-state index >= 15 is 0 Å². The number of likely N-dealkylation sites (tertiary alicyclic amines) is 1. The number of carbonyl (C=O) groups is 2. The van der Waals surface area contributed by atoms with E-state index in [-0.39, 0.29) is 17.9 Å². The lowest BCUT2D eigenvalue weighted by atomic mass is 9.99. The number of ketones is 1. The van der Waals surface area contributed by atoms with E-state index < -0.39 is 17.7 Å². The number of amides is 1. The molecule has 1 N–H and O–H groups in total. The first-order valence-electron chi connectivity index (χ1n) is 10.2. The number of hydrogen-bond donors (Lipinski definition) is 1. The normalized spacial score (nSPS) is 19.4. The van der Waals surface area contributed by atoms with Gasteiger partial charge in [0.1, 0.15) is 36.5 Å². The molecular formula is C24H20N2O6. The van der Waals surface area contributed by atoms with Gasteiger partial charge in [-0.05, 0) is 48.9 Å². The molecule has 1 unspecified atom stereocenters. The largest absolute Gasteiger partial charge is 0.507 e. The van der Waals surface area contributed by atoms with Crippen LogP contribution in [0.5, 0.6) is 11.5 Å². The number of aliphatic hydroxyl groups excluding tert-OH is 1. The Kier molecular flexibility index (Phi) is 4.89. The van der Waals surface area contributed by atoms with Gasteiger partial charge in [0.05, 0.1) is 5.57 Å². The molecule has 0 spiro atoms. The highest BCUT2D eigenvalue weighted by molar-refractivity contribution is 6.46. The van der Waals surface area contributed by atoms with Crippen molar-refractivity contribution in [2.45, 2.75) is 19.5 Å². The molecular weight excluding hydrogens is 412 g/mol. The Labute approximate surface area is 183 Å². The van der Waals surface area contributed by atoms with Gasteiger partial charge in [-0.15, -0.1) is 0 Å². The minimum Gasteiger partial charge on any atom is -0.507 e. The number of benzene rings is 1. The molecule has 8 heteroatoms. The van der Waals surface area contributed by atoms with Crippen LogP contribution < -0.4 is 9.47 Å². The van der Waals surface area contributed by atoms with Gasteiger partial charge in [-0.25, -0.2) is 0 Å². The van der Waals surface area contributed by atoms with Crippen molar-refractivity contribution in [3.63, 3.8) is 0 Å². The zero-order chi connectivity index (χ0) is 22.2. The molecule has 1 amide bonds. The summed E-state index contributed by atoms with van der Waals surface area (Å²) < 4.78 is 16.9. The highest BCUT2D eigenvalue weighted by atomic mass is 16.6. The molecule has 2 aliphatic rings. The standard InChI is InChI=1S/C24H20N2O6/c1-14-4-6-18(32-14)21-20(22(27)16-5-7-17-19(11-16)31-10-9-30-17)23(28)24(29)26(21)13-15-3-2-8-25-12-15/h2-8,11-12,21,27H,9-10,13H2,1H3. The lowest BCUT2D eigenvalue weighted by molar-refractivity contribution is -0.140. The first-order valence-corrected chi connectivity index (χ1v) is 10.2. The van der Waals surface area contributed by atoms with Crippen LogP contribution in [0.15, 0.2) is 64.8 Å². The first kappa shape index (κ1) is 19.9. The van der Waals surface area contributed by atoms with Gasteiger partial charge in [-0.1, -0.05) is 6.07 Å². The molecule has 8 nitrogen and oxygen atoms in total. The molecule has 2 aromatic heterocycles. The third-order valence-electron chi connectivity index (χ3n) is 5.46. The predicted molar refractivity (Wildman–Crippen MR) is 113 cm³/mol. The lowest BCUT2D eigenvalue weighted by Crippen LogP contribution is -2.29. The Morgan fingerprint density at radius 2 is 1.94 bits per heavy atom. The van der Waals surface area contributed by atoms with Crippen LogP contribution in [0.1, 0.15) is 28.7 Å². The van der Waals surface area contributed by atoms with E-state index in [4.69, 9.17) is 13.9 Å². The van der Waals surface area contributed by atoms with E-state index in [1.54, 1.807) is 55.7 Å². The van der Waals surface area contributed by atoms with Crippen LogP contribution >= 0.6 is 0 Å². The van der Waals surface area contributed by atoms with E-state index in [1.165, 1.54) is 4.90 Å². The number of Topliss-reactive ketones (excluding diaryl/α,β-unsaturated/α-hetero) is 1. The van der Waals surface area contributed by atoms with Gasteiger partial charge in [0.15, 0.2) is 11.5 Å². The van der Waals surface area contributed by atoms with E-state index in [2.05, 4.69) is 4.98 Å². The fourth-order valence-electron chi connectivity index (χ4n) is 3.97. The van der Waals surface area contributed by atoms with E-state index in [0.29, 0.717) is 41.8 Å². The molecule has 0 saturated carbocycles. The highest BCUT2D eigenvalue weighted by Gasteiger charge is 2.47. The Balaban J connectivity index is 1.62. The molecule has 1 atom stereocenters. The Bertz CT molecular complexity index is 1230. The molecule has 1 saturated heterocycles. The minimum absolute atomic E-state index is 0.0371. The highest BCUT2D eigenvalue weighted by Crippen LogP contribution is 2.42. The topological polar surface area (TPSA) is 102 Å². The van der Waals surface area contributed by atoms with Crippen LogP contribution in [0, 0.1) is 6.92 Å². The molecule has 162 valence electrons. The van der Waals surface area contributed by atoms with Gasteiger partial charge in [-0.2, -0.15) is 0 Å². The number of rotatable bonds is 4. The summed E-state index contributed by atoms with van der Waals surface area (Å²) in [4.78, 5) is 31.6. The van der Waals surface area contributed by atoms with Crippen LogP contribution in [-0.4, -0.2) is 39.9 Å². The maximum Gasteiger partial charge on any atom is 0.296 e. The van der Waals surface area contributed by atoms with Gasteiger partial charge in [-0.3, -0.25) is 14.6 Å². The summed E-state index contributed by atoms with van der Waals surface area (Å²) in [7, 11) is 0. The second kappa shape index (κ2) is 7.88. The number of pyridine rings is 1. The lowest BCUT2D eigenvalue weighted by Gasteiger charge is -2.23. The predicted octanol–water partition coefficient (Wildman–Crippen LogP) is 3.38. The summed E-state index contributed by atoms with van der Waals surface area (Å²) in [6.45, 7) is 2.74. The van der Waals surface area contributed by atoms with Crippen molar-refractivity contribution in [1.82, 2.24) is 9.88 Å². The molecule has 1 fully saturated rings. The van der Waals surface area contributed by atoms with Crippen molar-refractivity contribution in [1.29, 1.82) is 0 Å². The van der Waals surface area contributed by atoms with Gasteiger partial charge in [0.2, 0.25) is 0 Å². The molecule has 0 radical (unpaired) electrons. The zero-order valence-electron chi connectivity index (χ0n) is 17.3. The summed E-state index contributed by atoms with van der Waals surface area (Å²) in [5.74, 6) is 0.259. The summed E-state index contributed by atoms with van der Waals surface area (Å²) in [6, 6.07) is 11.1. The summed E-state index contributed by atoms with van der Waals surface area (Å²) in [5.41, 5.74) is 1.06. The maximum atomic E-state index is 13.1. The van der Waals surface area contributed by atoms with Crippen LogP contribution in [0.3, 0.4) is 0 Å². The van der Waals surface area contributed by atoms with Crippen molar-refractivity contribution >= 4 is 17.4 Å². The van der Waals surface area contributed by atoms with Gasteiger partial charge >= 0.3 is 0 Å². The Morgan fingerprint density at radius 1 is 1.12 bits per heavy atom. The van der Waals surface area contributed by atoms with Gasteiger partial charge in [0.25, 0.3) is 11.7 Å². The number of nitrogens with zero attached hydrogens (tertiary/aromatic N) is 2. The quantitative estimate of drug-likeness (QED) is 0.383. The number of fused-ring (bicyclic) bond motifs is 1. The SMILES string of the molecule is Cc1ccc(C2C(=C(O)c3ccc4c(c3)OCCO4)C(=O)C(=O)N2Cc2cccnc2)o1. The van der Waals surface area contributed by atoms with Crippen molar-refractivity contribution in [3.8, 4) is 11.5 Å². The molecule has 2 aliphatic heterocycles. The van der Waals surface area contributed by atoms with Gasteiger partial charge < -0.3 is 23.9 Å². The number of aryl methyl sites for hydroxylation is 1.